The first-order chi connectivity index (χ1) is 14.2. The van der Waals surface area contributed by atoms with E-state index in [0.717, 1.165) is 44.9 Å². The highest BCUT2D eigenvalue weighted by Gasteiger charge is 2.33. The fourth-order valence-electron chi connectivity index (χ4n) is 3.20. The van der Waals surface area contributed by atoms with Crippen LogP contribution < -0.4 is 4.90 Å². The van der Waals surface area contributed by atoms with E-state index >= 15 is 0 Å². The highest BCUT2D eigenvalue weighted by molar-refractivity contribution is 7.71. The summed E-state index contributed by atoms with van der Waals surface area (Å²) in [5.41, 5.74) is -0.491. The van der Waals surface area contributed by atoms with Gasteiger partial charge in [0.05, 0.1) is 5.69 Å². The topological polar surface area (TPSA) is 39.6 Å². The number of nitrogens with one attached hydrogen (secondary N) is 1. The number of fused-ring (bicyclic) bond motifs is 1. The summed E-state index contributed by atoms with van der Waals surface area (Å²) >= 11 is 4.75. The Balaban J connectivity index is 0.000000172. The van der Waals surface area contributed by atoms with Crippen LogP contribution in [-0.4, -0.2) is 52.2 Å². The maximum absolute atomic E-state index is 13.5. The third-order valence-corrected chi connectivity index (χ3v) is 5.11. The third-order valence-electron chi connectivity index (χ3n) is 4.82. The van der Waals surface area contributed by atoms with Gasteiger partial charge in [-0.2, -0.15) is 18.3 Å². The van der Waals surface area contributed by atoms with E-state index in [1.54, 1.807) is 0 Å². The lowest BCUT2D eigenvalue weighted by molar-refractivity contribution is -0.136. The molecule has 0 unspecified atom stereocenters. The van der Waals surface area contributed by atoms with Crippen molar-refractivity contribution in [1.29, 1.82) is 0 Å². The zero-order valence-corrected chi connectivity index (χ0v) is 16.9. The molecular formula is C19H20F5N5S. The number of aromatic amines is 1. The normalized spacial score (nSPS) is 15.2. The number of piperazine rings is 1. The molecule has 1 aliphatic heterocycles. The van der Waals surface area contributed by atoms with Gasteiger partial charge >= 0.3 is 6.18 Å². The van der Waals surface area contributed by atoms with Crippen molar-refractivity contribution >= 4 is 23.6 Å². The van der Waals surface area contributed by atoms with Gasteiger partial charge in [-0.25, -0.2) is 8.78 Å². The number of nitrogens with zero attached hydrogens (tertiary/aromatic N) is 4. The van der Waals surface area contributed by atoms with Crippen molar-refractivity contribution in [2.24, 2.45) is 0 Å². The monoisotopic (exact) mass is 445 g/mol. The molecule has 0 saturated carbocycles. The molecule has 1 aliphatic rings. The van der Waals surface area contributed by atoms with Crippen molar-refractivity contribution in [1.82, 2.24) is 19.5 Å². The van der Waals surface area contributed by atoms with Crippen molar-refractivity contribution in [3.63, 3.8) is 0 Å². The minimum atomic E-state index is -4.41. The maximum Gasteiger partial charge on any atom is 0.420 e. The lowest BCUT2D eigenvalue weighted by Crippen LogP contribution is -2.46. The average molecular weight is 445 g/mol. The number of hydrogen-bond donors (Lipinski definition) is 1. The fraction of sp³-hybridized carbons (Fsp3) is 0.368. The third kappa shape index (κ3) is 4.96. The van der Waals surface area contributed by atoms with Gasteiger partial charge in [0.25, 0.3) is 0 Å². The summed E-state index contributed by atoms with van der Waals surface area (Å²) in [6.45, 7) is 6.63. The molecule has 2 aromatic heterocycles. The molecule has 3 heterocycles. The SMILES string of the molecule is CCN1CCN(c2ccc(F)cc2F)CC1.FC(F)(F)c1cccn2c(=S)[nH]nc12. The summed E-state index contributed by atoms with van der Waals surface area (Å²) in [5.74, 6) is -0.988. The number of H-pyrrole nitrogens is 1. The lowest BCUT2D eigenvalue weighted by atomic mass is 10.2. The van der Waals surface area contributed by atoms with Crippen LogP contribution in [0.5, 0.6) is 0 Å². The van der Waals surface area contributed by atoms with Crippen LogP contribution in [-0.2, 0) is 6.18 Å². The minimum Gasteiger partial charge on any atom is -0.367 e. The summed E-state index contributed by atoms with van der Waals surface area (Å²) in [7, 11) is 0. The van der Waals surface area contributed by atoms with Crippen LogP contribution in [0.15, 0.2) is 36.5 Å². The summed E-state index contributed by atoms with van der Waals surface area (Å²) in [6, 6.07) is 6.02. The molecule has 0 spiro atoms. The lowest BCUT2D eigenvalue weighted by Gasteiger charge is -2.35. The Morgan fingerprint density at radius 1 is 1.10 bits per heavy atom. The van der Waals surface area contributed by atoms with E-state index in [1.807, 2.05) is 4.90 Å². The molecule has 1 saturated heterocycles. The predicted octanol–water partition coefficient (Wildman–Crippen LogP) is 4.52. The number of aromatic nitrogens is 3. The van der Waals surface area contributed by atoms with Crippen molar-refractivity contribution in [3.8, 4) is 0 Å². The molecule has 4 rings (SSSR count). The Morgan fingerprint density at radius 2 is 1.80 bits per heavy atom. The molecule has 5 nitrogen and oxygen atoms in total. The number of benzene rings is 1. The molecule has 0 aliphatic carbocycles. The van der Waals surface area contributed by atoms with Gasteiger partial charge in [0.2, 0.25) is 0 Å². The number of alkyl halides is 3. The Labute approximate surface area is 174 Å². The second-order valence-electron chi connectivity index (χ2n) is 6.66. The first kappa shape index (κ1) is 22.2. The number of rotatable bonds is 2. The fourth-order valence-corrected chi connectivity index (χ4v) is 3.39. The molecule has 162 valence electrons. The first-order valence-electron chi connectivity index (χ1n) is 9.26. The molecular weight excluding hydrogens is 425 g/mol. The largest absolute Gasteiger partial charge is 0.420 e. The summed E-state index contributed by atoms with van der Waals surface area (Å²) in [5, 5.41) is 5.82. The van der Waals surface area contributed by atoms with Gasteiger partial charge in [0.15, 0.2) is 10.4 Å². The second kappa shape index (κ2) is 9.09. The van der Waals surface area contributed by atoms with Crippen LogP contribution in [0.3, 0.4) is 0 Å². The van der Waals surface area contributed by atoms with E-state index in [0.29, 0.717) is 5.69 Å². The molecule has 0 atom stereocenters. The molecule has 0 radical (unpaired) electrons. The standard InChI is InChI=1S/C12H16F2N2.C7H4F3N3S/c1-2-15-5-7-16(8-6-15)12-4-3-10(13)9-11(12)14;8-7(9,10)4-2-1-3-13-5(4)11-12-6(13)14/h3-4,9H,2,5-8H2,1H3;1-3H,(H,12,14). The Morgan fingerprint density at radius 3 is 2.40 bits per heavy atom. The van der Waals surface area contributed by atoms with Gasteiger partial charge < -0.3 is 9.80 Å². The van der Waals surface area contributed by atoms with Crippen molar-refractivity contribution in [2.75, 3.05) is 37.6 Å². The number of pyridine rings is 1. The number of likely N-dealkylation sites (N-methyl/N-ethyl adjacent to an activating group) is 1. The van der Waals surface area contributed by atoms with Gasteiger partial charge in [-0.05, 0) is 43.0 Å². The summed E-state index contributed by atoms with van der Waals surface area (Å²) in [4.78, 5) is 4.29. The molecule has 11 heteroatoms. The van der Waals surface area contributed by atoms with Crippen LogP contribution in [0.4, 0.5) is 27.6 Å². The molecule has 0 amide bonds. The summed E-state index contributed by atoms with van der Waals surface area (Å²) in [6.07, 6.45) is -2.99. The van der Waals surface area contributed by atoms with Gasteiger partial charge in [-0.15, -0.1) is 0 Å². The minimum absolute atomic E-state index is 0.145. The van der Waals surface area contributed by atoms with Gasteiger partial charge in [0.1, 0.15) is 17.2 Å². The van der Waals surface area contributed by atoms with Crippen LogP contribution in [0.25, 0.3) is 5.65 Å². The first-order valence-corrected chi connectivity index (χ1v) is 9.67. The predicted molar refractivity (Wildman–Crippen MR) is 106 cm³/mol. The van der Waals surface area contributed by atoms with Crippen molar-refractivity contribution in [3.05, 3.63) is 58.5 Å². The maximum atomic E-state index is 13.5. The van der Waals surface area contributed by atoms with E-state index in [-0.39, 0.29) is 10.4 Å². The smallest absolute Gasteiger partial charge is 0.367 e. The van der Waals surface area contributed by atoms with E-state index < -0.39 is 23.4 Å². The number of halogens is 5. The quantitative estimate of drug-likeness (QED) is 0.465. The molecule has 0 bridgehead atoms. The number of hydrogen-bond acceptors (Lipinski definition) is 4. The van der Waals surface area contributed by atoms with E-state index in [4.69, 9.17) is 12.2 Å². The second-order valence-corrected chi connectivity index (χ2v) is 7.05. The molecule has 1 fully saturated rings. The van der Waals surface area contributed by atoms with Gasteiger partial charge in [-0.1, -0.05) is 6.92 Å². The van der Waals surface area contributed by atoms with E-state index in [1.165, 1.54) is 28.8 Å². The molecule has 1 N–H and O–H groups in total. The Bertz CT molecular complexity index is 1050. The van der Waals surface area contributed by atoms with Crippen molar-refractivity contribution in [2.45, 2.75) is 13.1 Å². The molecule has 3 aromatic rings. The zero-order valence-electron chi connectivity index (χ0n) is 16.1. The summed E-state index contributed by atoms with van der Waals surface area (Å²) < 4.78 is 64.9. The Kier molecular flexibility index (Phi) is 6.71. The van der Waals surface area contributed by atoms with Crippen molar-refractivity contribution < 1.29 is 22.0 Å². The average Bonchev–Trinajstić information content (AvgIpc) is 3.09. The van der Waals surface area contributed by atoms with Crippen LogP contribution in [0, 0.1) is 16.4 Å². The highest BCUT2D eigenvalue weighted by Crippen LogP contribution is 2.31. The van der Waals surface area contributed by atoms with Crippen LogP contribution >= 0.6 is 12.2 Å². The van der Waals surface area contributed by atoms with Crippen LogP contribution in [0.2, 0.25) is 0 Å². The molecule has 1 aromatic carbocycles. The van der Waals surface area contributed by atoms with E-state index in [2.05, 4.69) is 22.0 Å². The van der Waals surface area contributed by atoms with E-state index in [9.17, 15) is 22.0 Å². The molecule has 30 heavy (non-hydrogen) atoms. The van der Waals surface area contributed by atoms with Gasteiger partial charge in [0, 0.05) is 38.4 Å². The van der Waals surface area contributed by atoms with Crippen LogP contribution in [0.1, 0.15) is 12.5 Å². The highest BCUT2D eigenvalue weighted by atomic mass is 32.1. The number of anilines is 1. The Hall–Kier alpha value is -2.53. The zero-order chi connectivity index (χ0) is 21.9. The van der Waals surface area contributed by atoms with Gasteiger partial charge in [-0.3, -0.25) is 9.50 Å².